The Morgan fingerprint density at radius 1 is 0.304 bits per heavy atom. The zero-order chi connectivity index (χ0) is 50.0. The number of carbonyl (C=O) groups excluding carboxylic acids is 3. The summed E-state index contributed by atoms with van der Waals surface area (Å²) in [5.74, 6) is -0.896. The first kappa shape index (κ1) is 65.6. The van der Waals surface area contributed by atoms with E-state index in [2.05, 4.69) is 106 Å². The summed E-state index contributed by atoms with van der Waals surface area (Å²) in [6, 6.07) is 0. The Labute approximate surface area is 426 Å². The second kappa shape index (κ2) is 57.2. The Bertz CT molecular complexity index is 1330. The molecule has 0 aliphatic heterocycles. The highest BCUT2D eigenvalue weighted by atomic mass is 16.6. The lowest BCUT2D eigenvalue weighted by Gasteiger charge is -2.18. The molecule has 0 aliphatic carbocycles. The minimum atomic E-state index is -0.778. The van der Waals surface area contributed by atoms with Gasteiger partial charge in [0.25, 0.3) is 0 Å². The first-order valence-electron chi connectivity index (χ1n) is 29.1. The van der Waals surface area contributed by atoms with E-state index in [1.165, 1.54) is 116 Å². The van der Waals surface area contributed by atoms with Crippen LogP contribution in [-0.4, -0.2) is 37.2 Å². The van der Waals surface area contributed by atoms with E-state index < -0.39 is 6.10 Å². The first-order chi connectivity index (χ1) is 34.0. The first-order valence-corrected chi connectivity index (χ1v) is 29.1. The Balaban J connectivity index is 4.04. The van der Waals surface area contributed by atoms with Gasteiger partial charge in [0, 0.05) is 19.3 Å². The van der Waals surface area contributed by atoms with Crippen LogP contribution in [0.1, 0.15) is 278 Å². The van der Waals surface area contributed by atoms with Crippen LogP contribution in [0.5, 0.6) is 0 Å². The molecule has 6 heteroatoms. The van der Waals surface area contributed by atoms with Crippen molar-refractivity contribution in [2.24, 2.45) is 0 Å². The van der Waals surface area contributed by atoms with Crippen molar-refractivity contribution in [2.45, 2.75) is 284 Å². The van der Waals surface area contributed by atoms with Gasteiger partial charge in [0.05, 0.1) is 0 Å². The molecule has 0 aromatic rings. The minimum absolute atomic E-state index is 0.0796. The molecule has 0 aromatic carbocycles. The fourth-order valence-electron chi connectivity index (χ4n) is 8.04. The zero-order valence-electron chi connectivity index (χ0n) is 45.3. The smallest absolute Gasteiger partial charge is 0.306 e. The standard InChI is InChI=1S/C63H108O6/c1-4-7-10-13-16-18-20-22-23-24-25-26-27-28-29-30-31-32-33-34-35-36-37-38-39-41-42-44-47-50-53-56-62(65)68-59-60(58-67-61(64)55-52-49-46-15-12-9-6-3)69-63(66)57-54-51-48-45-43-40-21-19-17-14-11-8-5-2/h7,10-11,14,16,18-19,21-23,25-26,28-29,60H,4-6,8-9,12-13,15,17,20,24,27,30-59H2,1-3H3/b10-7-,14-11-,18-16-,21-19-,23-22-,26-25-,29-28-. The van der Waals surface area contributed by atoms with E-state index in [-0.39, 0.29) is 31.1 Å². The molecule has 0 amide bonds. The van der Waals surface area contributed by atoms with Gasteiger partial charge in [0.15, 0.2) is 6.10 Å². The van der Waals surface area contributed by atoms with E-state index >= 15 is 0 Å². The molecular formula is C63H108O6. The molecule has 0 radical (unpaired) electrons. The third-order valence-electron chi connectivity index (χ3n) is 12.4. The van der Waals surface area contributed by atoms with Crippen molar-refractivity contribution in [3.8, 4) is 0 Å². The number of unbranched alkanes of at least 4 members (excludes halogenated alkanes) is 27. The number of allylic oxidation sites excluding steroid dienone is 14. The predicted octanol–water partition coefficient (Wildman–Crippen LogP) is 19.5. The van der Waals surface area contributed by atoms with Crippen LogP contribution in [0.3, 0.4) is 0 Å². The maximum Gasteiger partial charge on any atom is 0.306 e. The van der Waals surface area contributed by atoms with Gasteiger partial charge >= 0.3 is 17.9 Å². The summed E-state index contributed by atoms with van der Waals surface area (Å²) in [6.45, 7) is 6.41. The summed E-state index contributed by atoms with van der Waals surface area (Å²) in [5, 5.41) is 0. The summed E-state index contributed by atoms with van der Waals surface area (Å²) in [7, 11) is 0. The Morgan fingerprint density at radius 3 is 0.942 bits per heavy atom. The Kier molecular flexibility index (Phi) is 54.3. The minimum Gasteiger partial charge on any atom is -0.462 e. The van der Waals surface area contributed by atoms with Gasteiger partial charge in [-0.25, -0.2) is 0 Å². The van der Waals surface area contributed by atoms with Gasteiger partial charge in [-0.1, -0.05) is 254 Å². The van der Waals surface area contributed by atoms with Crippen LogP contribution in [0.4, 0.5) is 0 Å². The maximum absolute atomic E-state index is 12.8. The second-order valence-electron chi connectivity index (χ2n) is 19.2. The van der Waals surface area contributed by atoms with Crippen molar-refractivity contribution < 1.29 is 28.6 Å². The van der Waals surface area contributed by atoms with Crippen LogP contribution < -0.4 is 0 Å². The molecule has 0 heterocycles. The molecule has 69 heavy (non-hydrogen) atoms. The molecule has 1 atom stereocenters. The average molecular weight is 962 g/mol. The van der Waals surface area contributed by atoms with Crippen molar-refractivity contribution in [1.29, 1.82) is 0 Å². The van der Waals surface area contributed by atoms with Crippen LogP contribution in [-0.2, 0) is 28.6 Å². The van der Waals surface area contributed by atoms with Crippen molar-refractivity contribution in [2.75, 3.05) is 13.2 Å². The van der Waals surface area contributed by atoms with E-state index in [4.69, 9.17) is 14.2 Å². The summed E-state index contributed by atoms with van der Waals surface area (Å²) in [5.41, 5.74) is 0. The third-order valence-corrected chi connectivity index (χ3v) is 12.4. The van der Waals surface area contributed by atoms with Gasteiger partial charge in [0.2, 0.25) is 0 Å². The Morgan fingerprint density at radius 2 is 0.594 bits per heavy atom. The molecular weight excluding hydrogens is 853 g/mol. The molecule has 0 aliphatic rings. The fourth-order valence-corrected chi connectivity index (χ4v) is 8.04. The molecule has 1 unspecified atom stereocenters. The molecule has 0 bridgehead atoms. The molecule has 0 aromatic heterocycles. The molecule has 0 saturated heterocycles. The summed E-state index contributed by atoms with van der Waals surface area (Å²) in [6.07, 6.45) is 74.7. The van der Waals surface area contributed by atoms with E-state index in [1.54, 1.807) is 0 Å². The van der Waals surface area contributed by atoms with E-state index in [9.17, 15) is 14.4 Å². The van der Waals surface area contributed by atoms with Crippen molar-refractivity contribution in [3.05, 3.63) is 85.1 Å². The molecule has 396 valence electrons. The topological polar surface area (TPSA) is 78.9 Å². The number of hydrogen-bond donors (Lipinski definition) is 0. The molecule has 6 nitrogen and oxygen atoms in total. The lowest BCUT2D eigenvalue weighted by molar-refractivity contribution is -0.167. The van der Waals surface area contributed by atoms with Crippen molar-refractivity contribution in [3.63, 3.8) is 0 Å². The molecule has 0 fully saturated rings. The lowest BCUT2D eigenvalue weighted by Crippen LogP contribution is -2.30. The number of ether oxygens (including phenoxy) is 3. The maximum atomic E-state index is 12.8. The van der Waals surface area contributed by atoms with Crippen molar-refractivity contribution in [1.82, 2.24) is 0 Å². The van der Waals surface area contributed by atoms with Gasteiger partial charge in [0.1, 0.15) is 13.2 Å². The van der Waals surface area contributed by atoms with Gasteiger partial charge in [-0.2, -0.15) is 0 Å². The zero-order valence-corrected chi connectivity index (χ0v) is 45.3. The SMILES string of the molecule is CC/C=C\C/C=C\C/C=C\C/C=C\C/C=C\CCCCCCCCCCCCCCCCCC(=O)OCC(COC(=O)CCCCCCCCC)OC(=O)CCCCCCC/C=C\C/C=C\CCC. The Hall–Kier alpha value is -3.41. The van der Waals surface area contributed by atoms with Crippen LogP contribution in [0.25, 0.3) is 0 Å². The fraction of sp³-hybridized carbons (Fsp3) is 0.730. The largest absolute Gasteiger partial charge is 0.462 e. The lowest BCUT2D eigenvalue weighted by atomic mass is 10.0. The van der Waals surface area contributed by atoms with Crippen LogP contribution in [0.15, 0.2) is 85.1 Å². The van der Waals surface area contributed by atoms with Gasteiger partial charge < -0.3 is 14.2 Å². The van der Waals surface area contributed by atoms with Gasteiger partial charge in [-0.15, -0.1) is 0 Å². The number of rotatable bonds is 52. The predicted molar refractivity (Wildman–Crippen MR) is 297 cm³/mol. The van der Waals surface area contributed by atoms with Gasteiger partial charge in [-0.05, 0) is 89.9 Å². The number of hydrogen-bond acceptors (Lipinski definition) is 6. The van der Waals surface area contributed by atoms with Gasteiger partial charge in [-0.3, -0.25) is 14.4 Å². The third kappa shape index (κ3) is 55.4. The van der Waals surface area contributed by atoms with E-state index in [0.717, 1.165) is 122 Å². The molecule has 0 saturated carbocycles. The summed E-state index contributed by atoms with van der Waals surface area (Å²) < 4.78 is 16.7. The van der Waals surface area contributed by atoms with E-state index in [1.807, 2.05) is 0 Å². The summed E-state index contributed by atoms with van der Waals surface area (Å²) >= 11 is 0. The monoisotopic (exact) mass is 961 g/mol. The van der Waals surface area contributed by atoms with E-state index in [0.29, 0.717) is 19.3 Å². The molecule has 0 rings (SSSR count). The number of carbonyl (C=O) groups is 3. The van der Waals surface area contributed by atoms with Crippen molar-refractivity contribution >= 4 is 17.9 Å². The van der Waals surface area contributed by atoms with Crippen LogP contribution >= 0.6 is 0 Å². The quantitative estimate of drug-likeness (QED) is 0.0262. The molecule has 0 spiro atoms. The van der Waals surface area contributed by atoms with Crippen LogP contribution in [0.2, 0.25) is 0 Å². The molecule has 0 N–H and O–H groups in total. The highest BCUT2D eigenvalue weighted by Crippen LogP contribution is 2.16. The normalized spacial score (nSPS) is 12.7. The average Bonchev–Trinajstić information content (AvgIpc) is 3.35. The number of esters is 3. The highest BCUT2D eigenvalue weighted by Gasteiger charge is 2.19. The van der Waals surface area contributed by atoms with Crippen LogP contribution in [0, 0.1) is 0 Å². The highest BCUT2D eigenvalue weighted by molar-refractivity contribution is 5.71. The summed E-state index contributed by atoms with van der Waals surface area (Å²) in [4.78, 5) is 37.9. The second-order valence-corrected chi connectivity index (χ2v) is 19.2.